The van der Waals surface area contributed by atoms with Crippen LogP contribution in [0.4, 0.5) is 0 Å². The summed E-state index contributed by atoms with van der Waals surface area (Å²) in [5.41, 5.74) is 2.34. The number of nitrogens with zero attached hydrogens (tertiary/aromatic N) is 3. The molecular weight excluding hydrogens is 262 g/mol. The first-order valence-electron chi connectivity index (χ1n) is 7.75. The van der Waals surface area contributed by atoms with Crippen molar-refractivity contribution in [3.05, 3.63) is 36.0 Å². The highest BCUT2D eigenvalue weighted by molar-refractivity contribution is 6.07. The maximum Gasteiger partial charge on any atom is 0.219 e. The third-order valence-electron chi connectivity index (χ3n) is 5.43. The van der Waals surface area contributed by atoms with Gasteiger partial charge in [0.25, 0.3) is 0 Å². The second-order valence-corrected chi connectivity index (χ2v) is 6.68. The van der Waals surface area contributed by atoms with Crippen LogP contribution in [-0.2, 0) is 11.8 Å². The minimum atomic E-state index is -0.0372. The standard InChI is InChI=1S/C17H19N3O/c1-19-9-14(13-4-2-3-5-15(13)19)16-18-10-17(21-16)11-20-7-6-12(17)8-20/h2-5,9,12H,6-8,10-11H2,1H3. The quantitative estimate of drug-likeness (QED) is 0.800. The number of aromatic nitrogens is 1. The van der Waals surface area contributed by atoms with Crippen LogP contribution in [0.3, 0.4) is 0 Å². The second kappa shape index (κ2) is 3.89. The minimum absolute atomic E-state index is 0.0372. The summed E-state index contributed by atoms with van der Waals surface area (Å²) in [4.78, 5) is 7.30. The molecule has 0 amide bonds. The number of hydrogen-bond donors (Lipinski definition) is 0. The largest absolute Gasteiger partial charge is 0.467 e. The van der Waals surface area contributed by atoms with Crippen molar-refractivity contribution in [2.24, 2.45) is 18.0 Å². The van der Waals surface area contributed by atoms with Crippen LogP contribution in [0.1, 0.15) is 12.0 Å². The van der Waals surface area contributed by atoms with Gasteiger partial charge in [-0.05, 0) is 19.0 Å². The van der Waals surface area contributed by atoms with Gasteiger partial charge in [-0.25, -0.2) is 4.99 Å². The number of aryl methyl sites for hydroxylation is 1. The molecule has 3 aliphatic rings. The van der Waals surface area contributed by atoms with Crippen LogP contribution in [0.25, 0.3) is 10.9 Å². The van der Waals surface area contributed by atoms with Gasteiger partial charge in [0.1, 0.15) is 5.60 Å². The van der Waals surface area contributed by atoms with Crippen molar-refractivity contribution in [1.82, 2.24) is 9.47 Å². The van der Waals surface area contributed by atoms with Gasteiger partial charge in [0.05, 0.1) is 12.1 Å². The second-order valence-electron chi connectivity index (χ2n) is 6.68. The molecule has 3 atom stereocenters. The summed E-state index contributed by atoms with van der Waals surface area (Å²) in [6, 6.07) is 8.47. The van der Waals surface area contributed by atoms with Crippen molar-refractivity contribution in [3.8, 4) is 0 Å². The molecule has 3 aliphatic heterocycles. The van der Waals surface area contributed by atoms with Gasteiger partial charge in [0, 0.05) is 43.2 Å². The zero-order chi connectivity index (χ0) is 14.0. The normalized spacial score (nSPS) is 33.9. The summed E-state index contributed by atoms with van der Waals surface area (Å²) in [6.07, 6.45) is 3.41. The van der Waals surface area contributed by atoms with Gasteiger partial charge < -0.3 is 9.30 Å². The minimum Gasteiger partial charge on any atom is -0.467 e. The molecule has 21 heavy (non-hydrogen) atoms. The zero-order valence-corrected chi connectivity index (χ0v) is 12.2. The topological polar surface area (TPSA) is 29.8 Å². The van der Waals surface area contributed by atoms with Gasteiger partial charge in [-0.15, -0.1) is 0 Å². The predicted molar refractivity (Wildman–Crippen MR) is 82.7 cm³/mol. The lowest BCUT2D eigenvalue weighted by atomic mass is 9.88. The Kier molecular flexibility index (Phi) is 2.19. The van der Waals surface area contributed by atoms with Crippen LogP contribution in [0.2, 0.25) is 0 Å². The van der Waals surface area contributed by atoms with Crippen molar-refractivity contribution in [3.63, 3.8) is 0 Å². The zero-order valence-electron chi connectivity index (χ0n) is 12.2. The lowest BCUT2D eigenvalue weighted by Crippen LogP contribution is -2.45. The van der Waals surface area contributed by atoms with E-state index in [1.54, 1.807) is 0 Å². The average molecular weight is 281 g/mol. The maximum atomic E-state index is 6.45. The molecule has 2 bridgehead atoms. The molecule has 0 radical (unpaired) electrons. The van der Waals surface area contributed by atoms with E-state index in [1.807, 2.05) is 0 Å². The third-order valence-corrected chi connectivity index (χ3v) is 5.43. The number of aliphatic imine (C=N–C) groups is 1. The Morgan fingerprint density at radius 3 is 3.05 bits per heavy atom. The highest BCUT2D eigenvalue weighted by Gasteiger charge is 2.54. The molecule has 1 aromatic carbocycles. The molecule has 2 saturated heterocycles. The molecular formula is C17H19N3O. The molecule has 4 heterocycles. The molecule has 1 aromatic heterocycles. The lowest BCUT2D eigenvalue weighted by molar-refractivity contribution is 0.0371. The molecule has 2 aromatic rings. The smallest absolute Gasteiger partial charge is 0.219 e. The number of para-hydroxylation sites is 1. The van der Waals surface area contributed by atoms with E-state index in [2.05, 4.69) is 47.0 Å². The van der Waals surface area contributed by atoms with E-state index >= 15 is 0 Å². The van der Waals surface area contributed by atoms with Crippen molar-refractivity contribution in [1.29, 1.82) is 0 Å². The Labute approximate surface area is 124 Å². The molecule has 2 fully saturated rings. The van der Waals surface area contributed by atoms with Crippen LogP contribution in [0.5, 0.6) is 0 Å². The van der Waals surface area contributed by atoms with Crippen LogP contribution >= 0.6 is 0 Å². The molecule has 4 heteroatoms. The lowest BCUT2D eigenvalue weighted by Gasteiger charge is -2.32. The van der Waals surface area contributed by atoms with E-state index in [9.17, 15) is 0 Å². The number of hydrogen-bond acceptors (Lipinski definition) is 3. The Balaban J connectivity index is 1.54. The number of rotatable bonds is 1. The van der Waals surface area contributed by atoms with Crippen molar-refractivity contribution in [2.45, 2.75) is 12.0 Å². The van der Waals surface area contributed by atoms with E-state index in [-0.39, 0.29) is 5.60 Å². The van der Waals surface area contributed by atoms with Crippen LogP contribution in [0, 0.1) is 5.92 Å². The summed E-state index contributed by atoms with van der Waals surface area (Å²) in [6.45, 7) is 4.31. The monoisotopic (exact) mass is 281 g/mol. The van der Waals surface area contributed by atoms with Crippen molar-refractivity contribution >= 4 is 16.8 Å². The van der Waals surface area contributed by atoms with Crippen molar-refractivity contribution < 1.29 is 4.74 Å². The maximum absolute atomic E-state index is 6.45. The molecule has 0 N–H and O–H groups in total. The molecule has 108 valence electrons. The average Bonchev–Trinajstić information content (AvgIpc) is 3.24. The Morgan fingerprint density at radius 2 is 2.24 bits per heavy atom. The number of piperidine rings is 1. The first-order valence-corrected chi connectivity index (χ1v) is 7.75. The SMILES string of the molecule is Cn1cc(C2=NCC3(CN4CCC3C4)O2)c2ccccc21. The molecule has 0 saturated carbocycles. The van der Waals surface area contributed by atoms with Gasteiger partial charge in [-0.1, -0.05) is 18.2 Å². The van der Waals surface area contributed by atoms with Crippen LogP contribution in [-0.4, -0.2) is 47.1 Å². The fraction of sp³-hybridized carbons (Fsp3) is 0.471. The van der Waals surface area contributed by atoms with Crippen molar-refractivity contribution in [2.75, 3.05) is 26.2 Å². The summed E-state index contributed by atoms with van der Waals surface area (Å²) in [7, 11) is 2.08. The summed E-state index contributed by atoms with van der Waals surface area (Å²) >= 11 is 0. The fourth-order valence-corrected chi connectivity index (χ4v) is 4.32. The summed E-state index contributed by atoms with van der Waals surface area (Å²) in [5.74, 6) is 1.51. The first-order chi connectivity index (χ1) is 10.3. The van der Waals surface area contributed by atoms with E-state index < -0.39 is 0 Å². The van der Waals surface area contributed by atoms with Gasteiger partial charge >= 0.3 is 0 Å². The molecule has 3 unspecified atom stereocenters. The summed E-state index contributed by atoms with van der Waals surface area (Å²) in [5, 5.41) is 1.24. The molecule has 5 rings (SSSR count). The highest BCUT2D eigenvalue weighted by atomic mass is 16.5. The van der Waals surface area contributed by atoms with Gasteiger partial charge in [-0.3, -0.25) is 4.90 Å². The Bertz CT molecular complexity index is 762. The highest BCUT2D eigenvalue weighted by Crippen LogP contribution is 2.42. The van der Waals surface area contributed by atoms with Gasteiger partial charge in [-0.2, -0.15) is 0 Å². The first kappa shape index (κ1) is 11.8. The van der Waals surface area contributed by atoms with Gasteiger partial charge in [0.2, 0.25) is 5.90 Å². The third kappa shape index (κ3) is 1.51. The van der Waals surface area contributed by atoms with Gasteiger partial charge in [0.15, 0.2) is 0 Å². The van der Waals surface area contributed by atoms with E-state index in [4.69, 9.17) is 9.73 Å². The Morgan fingerprint density at radius 1 is 1.33 bits per heavy atom. The van der Waals surface area contributed by atoms with E-state index in [1.165, 1.54) is 30.4 Å². The Hall–Kier alpha value is -1.81. The van der Waals surface area contributed by atoms with E-state index in [0.717, 1.165) is 24.6 Å². The molecule has 4 nitrogen and oxygen atoms in total. The number of ether oxygens (including phenoxy) is 1. The van der Waals surface area contributed by atoms with Crippen LogP contribution in [0.15, 0.2) is 35.5 Å². The number of benzene rings is 1. The fourth-order valence-electron chi connectivity index (χ4n) is 4.32. The van der Waals surface area contributed by atoms with E-state index in [0.29, 0.717) is 5.92 Å². The summed E-state index contributed by atoms with van der Waals surface area (Å²) < 4.78 is 8.60. The van der Waals surface area contributed by atoms with Crippen LogP contribution < -0.4 is 0 Å². The molecule has 0 aliphatic carbocycles. The predicted octanol–water partition coefficient (Wildman–Crippen LogP) is 2.03. The number of fused-ring (bicyclic) bond motifs is 4. The molecule has 1 spiro atoms.